The van der Waals surface area contributed by atoms with Gasteiger partial charge in [-0.25, -0.2) is 8.42 Å². The predicted molar refractivity (Wildman–Crippen MR) is 88.9 cm³/mol. The molecule has 7 nitrogen and oxygen atoms in total. The van der Waals surface area contributed by atoms with Crippen molar-refractivity contribution in [2.45, 2.75) is 30.7 Å². The maximum atomic E-state index is 13.0. The molecule has 1 N–H and O–H groups in total. The molecular formula is C15H26N4O3S. The Hall–Kier alpha value is -1.38. The van der Waals surface area contributed by atoms with E-state index in [4.69, 9.17) is 0 Å². The molecule has 0 aliphatic carbocycles. The van der Waals surface area contributed by atoms with E-state index in [1.54, 1.807) is 30.0 Å². The number of rotatable bonds is 6. The lowest BCUT2D eigenvalue weighted by molar-refractivity contribution is 0.0818. The topological polar surface area (TPSA) is 74.7 Å². The second kappa shape index (κ2) is 7.02. The van der Waals surface area contributed by atoms with Gasteiger partial charge in [-0.3, -0.25) is 4.79 Å². The number of nitrogens with zero attached hydrogens (tertiary/aromatic N) is 3. The minimum absolute atomic E-state index is 0.0202. The summed E-state index contributed by atoms with van der Waals surface area (Å²) in [6.45, 7) is 3.96. The van der Waals surface area contributed by atoms with Crippen LogP contribution in [-0.2, 0) is 17.1 Å². The largest absolute Gasteiger partial charge is 0.345 e. The van der Waals surface area contributed by atoms with E-state index < -0.39 is 10.0 Å². The fourth-order valence-electron chi connectivity index (χ4n) is 2.86. The molecule has 1 amide bonds. The molecule has 1 fully saturated rings. The van der Waals surface area contributed by atoms with Crippen LogP contribution in [0, 0.1) is 0 Å². The number of aromatic nitrogens is 1. The third-order valence-electron chi connectivity index (χ3n) is 4.10. The van der Waals surface area contributed by atoms with Crippen molar-refractivity contribution >= 4 is 15.9 Å². The van der Waals surface area contributed by atoms with E-state index in [-0.39, 0.29) is 16.8 Å². The van der Waals surface area contributed by atoms with Crippen LogP contribution in [0.4, 0.5) is 0 Å². The van der Waals surface area contributed by atoms with E-state index in [1.165, 1.54) is 17.2 Å². The van der Waals surface area contributed by atoms with Crippen molar-refractivity contribution in [3.05, 3.63) is 18.0 Å². The second-order valence-corrected chi connectivity index (χ2v) is 8.02. The Balaban J connectivity index is 2.37. The highest BCUT2D eigenvalue weighted by molar-refractivity contribution is 7.89. The fourth-order valence-corrected chi connectivity index (χ4v) is 4.68. The fraction of sp³-hybridized carbons (Fsp3) is 0.667. The van der Waals surface area contributed by atoms with Crippen molar-refractivity contribution < 1.29 is 13.2 Å². The average Bonchev–Trinajstić information content (AvgIpc) is 3.13. The Kier molecular flexibility index (Phi) is 5.49. The summed E-state index contributed by atoms with van der Waals surface area (Å²) >= 11 is 0. The monoisotopic (exact) mass is 342 g/mol. The van der Waals surface area contributed by atoms with Crippen molar-refractivity contribution in [3.63, 3.8) is 0 Å². The molecule has 1 aromatic heterocycles. The van der Waals surface area contributed by atoms with Gasteiger partial charge in [0, 0.05) is 46.5 Å². The number of nitrogens with one attached hydrogen (secondary N) is 1. The number of carbonyl (C=O) groups is 1. The van der Waals surface area contributed by atoms with E-state index in [2.05, 4.69) is 5.32 Å². The zero-order valence-electron chi connectivity index (χ0n) is 14.2. The van der Waals surface area contributed by atoms with Crippen molar-refractivity contribution in [3.8, 4) is 0 Å². The highest BCUT2D eigenvalue weighted by Gasteiger charge is 2.34. The molecule has 1 aliphatic heterocycles. The molecule has 0 saturated carbocycles. The summed E-state index contributed by atoms with van der Waals surface area (Å²) < 4.78 is 29.2. The molecule has 0 spiro atoms. The molecular weight excluding hydrogens is 316 g/mol. The summed E-state index contributed by atoms with van der Waals surface area (Å²) in [6, 6.07) is 1.45. The van der Waals surface area contributed by atoms with Crippen molar-refractivity contribution in [1.29, 1.82) is 0 Å². The van der Waals surface area contributed by atoms with Gasteiger partial charge in [-0.2, -0.15) is 4.31 Å². The zero-order chi connectivity index (χ0) is 17.2. The molecule has 23 heavy (non-hydrogen) atoms. The molecule has 0 radical (unpaired) electrons. The van der Waals surface area contributed by atoms with Crippen LogP contribution < -0.4 is 5.32 Å². The maximum Gasteiger partial charge on any atom is 0.269 e. The molecule has 0 bridgehead atoms. The standard InChI is InChI=1S/C15H26N4O3S/c1-5-8-19(12-6-7-16-10-12)23(21,22)13-9-14(18(4)11-13)15(20)17(2)3/h9,11-12,16H,5-8,10H2,1-4H3. The number of amides is 1. The van der Waals surface area contributed by atoms with Crippen molar-refractivity contribution in [2.24, 2.45) is 7.05 Å². The van der Waals surface area contributed by atoms with Gasteiger partial charge in [-0.1, -0.05) is 6.92 Å². The van der Waals surface area contributed by atoms with Crippen molar-refractivity contribution in [2.75, 3.05) is 33.7 Å². The van der Waals surface area contributed by atoms with Crippen LogP contribution in [0.25, 0.3) is 0 Å². The van der Waals surface area contributed by atoms with Crippen LogP contribution in [-0.4, -0.2) is 67.9 Å². The summed E-state index contributed by atoms with van der Waals surface area (Å²) in [4.78, 5) is 13.8. The summed E-state index contributed by atoms with van der Waals surface area (Å²) in [5.41, 5.74) is 0.370. The molecule has 130 valence electrons. The number of hydrogen-bond acceptors (Lipinski definition) is 4. The Labute approximate surface area is 138 Å². The van der Waals surface area contributed by atoms with E-state index in [9.17, 15) is 13.2 Å². The highest BCUT2D eigenvalue weighted by Crippen LogP contribution is 2.23. The van der Waals surface area contributed by atoms with Crippen LogP contribution in [0.2, 0.25) is 0 Å². The van der Waals surface area contributed by atoms with Crippen LogP contribution in [0.3, 0.4) is 0 Å². The van der Waals surface area contributed by atoms with Gasteiger partial charge in [0.2, 0.25) is 10.0 Å². The molecule has 0 aromatic carbocycles. The number of sulfonamides is 1. The van der Waals surface area contributed by atoms with Gasteiger partial charge in [0.05, 0.1) is 0 Å². The van der Waals surface area contributed by atoms with Crippen LogP contribution in [0.5, 0.6) is 0 Å². The Morgan fingerprint density at radius 1 is 1.43 bits per heavy atom. The van der Waals surface area contributed by atoms with E-state index in [0.29, 0.717) is 18.8 Å². The number of aryl methyl sites for hydroxylation is 1. The molecule has 2 heterocycles. The van der Waals surface area contributed by atoms with Gasteiger partial charge in [0.15, 0.2) is 0 Å². The summed E-state index contributed by atoms with van der Waals surface area (Å²) in [5.74, 6) is -0.210. The first kappa shape index (κ1) is 18.0. The normalized spacial score (nSPS) is 18.6. The first-order valence-corrected chi connectivity index (χ1v) is 9.33. The van der Waals surface area contributed by atoms with Crippen molar-refractivity contribution in [1.82, 2.24) is 19.1 Å². The Bertz CT molecular complexity index is 660. The smallest absolute Gasteiger partial charge is 0.269 e. The molecule has 1 atom stereocenters. The number of hydrogen-bond donors (Lipinski definition) is 1. The van der Waals surface area contributed by atoms with Gasteiger partial charge in [0.25, 0.3) is 5.91 Å². The highest BCUT2D eigenvalue weighted by atomic mass is 32.2. The minimum atomic E-state index is -3.61. The third-order valence-corrected chi connectivity index (χ3v) is 6.01. The summed E-state index contributed by atoms with van der Waals surface area (Å²) in [6.07, 6.45) is 3.10. The molecule has 2 rings (SSSR count). The van der Waals surface area contributed by atoms with Gasteiger partial charge in [0.1, 0.15) is 10.6 Å². The Morgan fingerprint density at radius 3 is 2.65 bits per heavy atom. The average molecular weight is 342 g/mol. The molecule has 1 unspecified atom stereocenters. The quantitative estimate of drug-likeness (QED) is 0.816. The third kappa shape index (κ3) is 3.59. The van der Waals surface area contributed by atoms with Gasteiger partial charge >= 0.3 is 0 Å². The van der Waals surface area contributed by atoms with E-state index >= 15 is 0 Å². The summed E-state index contributed by atoms with van der Waals surface area (Å²) in [7, 11) is 1.39. The summed E-state index contributed by atoms with van der Waals surface area (Å²) in [5, 5.41) is 3.21. The first-order valence-electron chi connectivity index (χ1n) is 7.89. The molecule has 1 saturated heterocycles. The molecule has 1 aromatic rings. The lowest BCUT2D eigenvalue weighted by atomic mass is 10.2. The van der Waals surface area contributed by atoms with E-state index in [1.807, 2.05) is 6.92 Å². The SMILES string of the molecule is CCCN(C1CCNC1)S(=O)(=O)c1cc(C(=O)N(C)C)n(C)c1. The van der Waals surface area contributed by atoms with Crippen LogP contribution in [0.15, 0.2) is 17.2 Å². The van der Waals surface area contributed by atoms with Gasteiger partial charge in [-0.15, -0.1) is 0 Å². The first-order chi connectivity index (χ1) is 10.8. The van der Waals surface area contributed by atoms with Gasteiger partial charge in [-0.05, 0) is 25.5 Å². The lowest BCUT2D eigenvalue weighted by Crippen LogP contribution is -2.41. The van der Waals surface area contributed by atoms with Crippen LogP contribution >= 0.6 is 0 Å². The number of carbonyl (C=O) groups excluding carboxylic acids is 1. The minimum Gasteiger partial charge on any atom is -0.345 e. The molecule has 1 aliphatic rings. The predicted octanol–water partition coefficient (Wildman–Crippen LogP) is 0.490. The second-order valence-electron chi connectivity index (χ2n) is 6.13. The van der Waals surface area contributed by atoms with Crippen LogP contribution in [0.1, 0.15) is 30.3 Å². The molecule has 8 heteroatoms. The lowest BCUT2D eigenvalue weighted by Gasteiger charge is -2.26. The van der Waals surface area contributed by atoms with Gasteiger partial charge < -0.3 is 14.8 Å². The van der Waals surface area contributed by atoms with E-state index in [0.717, 1.165) is 19.4 Å². The maximum absolute atomic E-state index is 13.0. The zero-order valence-corrected chi connectivity index (χ0v) is 15.1. The Morgan fingerprint density at radius 2 is 2.13 bits per heavy atom.